The van der Waals surface area contributed by atoms with Crippen LogP contribution in [0, 0.1) is 5.92 Å². The van der Waals surface area contributed by atoms with Crippen LogP contribution in [0.5, 0.6) is 0 Å². The van der Waals surface area contributed by atoms with Gasteiger partial charge in [-0.1, -0.05) is 38.1 Å². The van der Waals surface area contributed by atoms with Crippen LogP contribution in [0.4, 0.5) is 9.18 Å². The summed E-state index contributed by atoms with van der Waals surface area (Å²) in [4.78, 5) is 61.8. The van der Waals surface area contributed by atoms with Crippen LogP contribution in [-0.2, 0) is 19.1 Å². The van der Waals surface area contributed by atoms with Gasteiger partial charge in [-0.05, 0) is 30.2 Å². The second-order valence-electron chi connectivity index (χ2n) is 8.01. The maximum Gasteiger partial charge on any atom is 0.419 e. The fourth-order valence-corrected chi connectivity index (χ4v) is 3.61. The highest BCUT2D eigenvalue weighted by Gasteiger charge is 2.32. The van der Waals surface area contributed by atoms with E-state index in [9.17, 15) is 28.4 Å². The summed E-state index contributed by atoms with van der Waals surface area (Å²) in [7, 11) is 0. The van der Waals surface area contributed by atoms with Crippen molar-refractivity contribution in [3.63, 3.8) is 0 Å². The van der Waals surface area contributed by atoms with Crippen LogP contribution < -0.4 is 10.7 Å². The zero-order valence-electron chi connectivity index (χ0n) is 18.5. The first-order valence-corrected chi connectivity index (χ1v) is 10.5. The summed E-state index contributed by atoms with van der Waals surface area (Å²) >= 11 is 0. The maximum atomic E-state index is 13.3. The van der Waals surface area contributed by atoms with E-state index in [0.29, 0.717) is 0 Å². The average molecular weight is 470 g/mol. The number of pyridine rings is 1. The molecule has 0 bridgehead atoms. The van der Waals surface area contributed by atoms with Gasteiger partial charge in [-0.25, -0.2) is 13.8 Å². The first-order valence-electron chi connectivity index (χ1n) is 10.5. The van der Waals surface area contributed by atoms with Gasteiger partial charge in [0.1, 0.15) is 12.7 Å². The van der Waals surface area contributed by atoms with E-state index < -0.39 is 54.9 Å². The van der Waals surface area contributed by atoms with Crippen LogP contribution in [-0.4, -0.2) is 52.2 Å². The van der Waals surface area contributed by atoms with Crippen molar-refractivity contribution < 1.29 is 33.4 Å². The number of hydrogen-bond acceptors (Lipinski definition) is 6. The standard InChI is InChI=1S/C24H23FN2O7/c1-13(2)22(23(32)26-16(11-20(29)30)19(28)12-25)34-24(33)27-17-9-5-3-7-14(17)21(31)15-8-4-6-10-18(15)27/h3-10,13,16,22H,11-12H2,1-2H3,(H,26,32)(H,29,30). The van der Waals surface area contributed by atoms with Gasteiger partial charge in [-0.3, -0.25) is 19.2 Å². The Balaban J connectivity index is 2.00. The van der Waals surface area contributed by atoms with Crippen molar-refractivity contribution in [2.24, 2.45) is 5.92 Å². The molecule has 3 aromatic rings. The molecule has 9 nitrogen and oxygen atoms in total. The monoisotopic (exact) mass is 470 g/mol. The number of halogens is 1. The van der Waals surface area contributed by atoms with Gasteiger partial charge in [-0.15, -0.1) is 0 Å². The summed E-state index contributed by atoms with van der Waals surface area (Å²) in [5.74, 6) is -4.03. The molecule has 178 valence electrons. The number of rotatable bonds is 8. The highest BCUT2D eigenvalue weighted by Crippen LogP contribution is 2.21. The molecule has 1 amide bonds. The molecule has 1 aromatic heterocycles. The highest BCUT2D eigenvalue weighted by atomic mass is 19.1. The molecule has 2 atom stereocenters. The molecule has 0 saturated carbocycles. The van der Waals surface area contributed by atoms with E-state index in [1.54, 1.807) is 62.4 Å². The summed E-state index contributed by atoms with van der Waals surface area (Å²) in [6, 6.07) is 11.3. The molecule has 2 aromatic carbocycles. The molecule has 0 aliphatic carbocycles. The Kier molecular flexibility index (Phi) is 7.40. The average Bonchev–Trinajstić information content (AvgIpc) is 2.81. The van der Waals surface area contributed by atoms with Crippen molar-refractivity contribution in [2.45, 2.75) is 32.4 Å². The molecule has 0 fully saturated rings. The molecule has 0 aliphatic rings. The lowest BCUT2D eigenvalue weighted by atomic mass is 10.0. The summed E-state index contributed by atoms with van der Waals surface area (Å²) in [6.07, 6.45) is -3.19. The minimum atomic E-state index is -1.61. The van der Waals surface area contributed by atoms with Crippen molar-refractivity contribution in [2.75, 3.05) is 6.67 Å². The maximum absolute atomic E-state index is 13.3. The predicted octanol–water partition coefficient (Wildman–Crippen LogP) is 2.66. The lowest BCUT2D eigenvalue weighted by molar-refractivity contribution is -0.141. The number of aliphatic carboxylic acids is 1. The second-order valence-corrected chi connectivity index (χ2v) is 8.01. The molecule has 3 rings (SSSR count). The highest BCUT2D eigenvalue weighted by molar-refractivity contribution is 6.01. The molecule has 0 radical (unpaired) electrons. The molecule has 1 heterocycles. The molecule has 10 heteroatoms. The van der Waals surface area contributed by atoms with E-state index in [2.05, 4.69) is 5.32 Å². The third kappa shape index (κ3) is 4.95. The molecule has 0 saturated heterocycles. The number of ketones is 1. The van der Waals surface area contributed by atoms with Crippen molar-refractivity contribution in [1.82, 2.24) is 9.88 Å². The fourth-order valence-electron chi connectivity index (χ4n) is 3.61. The topological polar surface area (TPSA) is 132 Å². The van der Waals surface area contributed by atoms with E-state index in [1.807, 2.05) is 0 Å². The van der Waals surface area contributed by atoms with Crippen molar-refractivity contribution in [3.05, 3.63) is 58.8 Å². The minimum Gasteiger partial charge on any atom is -0.481 e. The fraction of sp³-hybridized carbons (Fsp3) is 0.292. The number of nitrogens with zero attached hydrogens (tertiary/aromatic N) is 1. The zero-order chi connectivity index (χ0) is 25.0. The minimum absolute atomic E-state index is 0.269. The number of amides is 1. The smallest absolute Gasteiger partial charge is 0.419 e. The van der Waals surface area contributed by atoms with Crippen LogP contribution >= 0.6 is 0 Å². The summed E-state index contributed by atoms with van der Waals surface area (Å²) in [6.45, 7) is 1.71. The van der Waals surface area contributed by atoms with Crippen LogP contribution in [0.1, 0.15) is 20.3 Å². The van der Waals surface area contributed by atoms with E-state index in [1.165, 1.54) is 4.57 Å². The number of carbonyl (C=O) groups is 4. The van der Waals surface area contributed by atoms with Crippen LogP contribution in [0.2, 0.25) is 0 Å². The Bertz CT molecular complexity index is 1270. The van der Waals surface area contributed by atoms with E-state index >= 15 is 0 Å². The summed E-state index contributed by atoms with van der Waals surface area (Å²) in [5.41, 5.74) is 0.278. The summed E-state index contributed by atoms with van der Waals surface area (Å²) in [5, 5.41) is 11.7. The number of carboxylic acid groups (broad SMARTS) is 1. The quantitative estimate of drug-likeness (QED) is 0.484. The first-order chi connectivity index (χ1) is 16.1. The van der Waals surface area contributed by atoms with E-state index in [-0.39, 0.29) is 27.2 Å². The van der Waals surface area contributed by atoms with Gasteiger partial charge in [0.2, 0.25) is 0 Å². The lowest BCUT2D eigenvalue weighted by Crippen LogP contribution is -2.49. The number of para-hydroxylation sites is 2. The van der Waals surface area contributed by atoms with Crippen molar-refractivity contribution in [3.8, 4) is 0 Å². The van der Waals surface area contributed by atoms with Gasteiger partial charge in [0.05, 0.1) is 17.5 Å². The summed E-state index contributed by atoms with van der Waals surface area (Å²) < 4.78 is 19.5. The molecule has 0 spiro atoms. The van der Waals surface area contributed by atoms with Gasteiger partial charge in [0.15, 0.2) is 17.3 Å². The van der Waals surface area contributed by atoms with Gasteiger partial charge in [-0.2, -0.15) is 0 Å². The number of alkyl halides is 1. The first kappa shape index (κ1) is 24.6. The Hall–Kier alpha value is -4.08. The SMILES string of the molecule is CC(C)C(OC(=O)n1c2ccccc2c(=O)c2ccccc21)C(=O)NC(CC(=O)O)C(=O)CF. The lowest BCUT2D eigenvalue weighted by Gasteiger charge is -2.24. The van der Waals surface area contributed by atoms with Gasteiger partial charge >= 0.3 is 12.1 Å². The molecule has 2 N–H and O–H groups in total. The number of nitrogens with one attached hydrogen (secondary N) is 1. The second kappa shape index (κ2) is 10.2. The Morgan fingerprint density at radius 1 is 1.00 bits per heavy atom. The van der Waals surface area contributed by atoms with Crippen LogP contribution in [0.3, 0.4) is 0 Å². The normalized spacial score (nSPS) is 12.9. The molecular weight excluding hydrogens is 447 g/mol. The van der Waals surface area contributed by atoms with Gasteiger partial charge in [0.25, 0.3) is 5.91 Å². The molecule has 2 unspecified atom stereocenters. The Labute approximate surface area is 193 Å². The predicted molar refractivity (Wildman–Crippen MR) is 121 cm³/mol. The third-order valence-electron chi connectivity index (χ3n) is 5.27. The Morgan fingerprint density at radius 3 is 2.00 bits per heavy atom. The number of carboxylic acids is 1. The number of aromatic nitrogens is 1. The van der Waals surface area contributed by atoms with Gasteiger partial charge in [0, 0.05) is 10.8 Å². The van der Waals surface area contributed by atoms with E-state index in [4.69, 9.17) is 9.84 Å². The van der Waals surface area contributed by atoms with Gasteiger partial charge < -0.3 is 15.2 Å². The number of Topliss-reactive ketones (excluding diaryl/α,β-unsaturated/α-hetero) is 1. The molecular formula is C24H23FN2O7. The van der Waals surface area contributed by atoms with Crippen molar-refractivity contribution >= 4 is 45.6 Å². The third-order valence-corrected chi connectivity index (χ3v) is 5.27. The number of carbonyl (C=O) groups excluding carboxylic acids is 3. The zero-order valence-corrected chi connectivity index (χ0v) is 18.5. The largest absolute Gasteiger partial charge is 0.481 e. The number of fused-ring (bicyclic) bond motifs is 2. The van der Waals surface area contributed by atoms with Crippen LogP contribution in [0.25, 0.3) is 21.8 Å². The number of ether oxygens (including phenoxy) is 1. The molecule has 0 aliphatic heterocycles. The number of hydrogen-bond donors (Lipinski definition) is 2. The van der Waals surface area contributed by atoms with E-state index in [0.717, 1.165) is 0 Å². The molecule has 34 heavy (non-hydrogen) atoms. The van der Waals surface area contributed by atoms with Crippen LogP contribution in [0.15, 0.2) is 53.3 Å². The Morgan fingerprint density at radius 2 is 1.53 bits per heavy atom. The van der Waals surface area contributed by atoms with Crippen molar-refractivity contribution in [1.29, 1.82) is 0 Å². The number of benzene rings is 2.